The largest absolute Gasteiger partial charge is 0.309 e. The van der Waals surface area contributed by atoms with Crippen LogP contribution in [0.25, 0.3) is 0 Å². The van der Waals surface area contributed by atoms with Gasteiger partial charge in [0.2, 0.25) is 0 Å². The van der Waals surface area contributed by atoms with E-state index in [1.807, 2.05) is 24.3 Å². The SMILES string of the molecule is Cc1ccccc1C1(c2c3cccc2N3c2c(C)cc(C(C)(C)C)cc2C)c2ccccc2C(=O)c2ccccc21. The van der Waals surface area contributed by atoms with Gasteiger partial charge < -0.3 is 4.90 Å². The van der Waals surface area contributed by atoms with Gasteiger partial charge in [-0.1, -0.05) is 112 Å². The molecule has 5 aromatic carbocycles. The molecule has 0 saturated heterocycles. The molecule has 0 aromatic heterocycles. The van der Waals surface area contributed by atoms with Crippen LogP contribution in [-0.4, -0.2) is 5.78 Å². The first kappa shape index (κ1) is 25.5. The second kappa shape index (κ2) is 8.78. The van der Waals surface area contributed by atoms with Crippen LogP contribution in [0.4, 0.5) is 17.1 Å². The lowest BCUT2D eigenvalue weighted by atomic mass is 9.56. The van der Waals surface area contributed by atoms with Crippen LogP contribution in [0.2, 0.25) is 0 Å². The molecule has 0 spiro atoms. The van der Waals surface area contributed by atoms with E-state index in [2.05, 4.69) is 125 Å². The average Bonchev–Trinajstić information content (AvgIpc) is 2.96. The van der Waals surface area contributed by atoms with Gasteiger partial charge in [-0.3, -0.25) is 4.79 Å². The molecular formula is C39H35NO. The van der Waals surface area contributed by atoms with Crippen molar-refractivity contribution < 1.29 is 4.79 Å². The first-order chi connectivity index (χ1) is 19.7. The Hall–Kier alpha value is -4.43. The molecule has 2 heteroatoms. The lowest BCUT2D eigenvalue weighted by Gasteiger charge is -2.51. The highest BCUT2D eigenvalue weighted by Gasteiger charge is 2.53. The molecule has 0 atom stereocenters. The van der Waals surface area contributed by atoms with Crippen molar-refractivity contribution in [3.63, 3.8) is 0 Å². The third-order valence-corrected chi connectivity index (χ3v) is 9.16. The minimum atomic E-state index is -0.623. The normalized spacial score (nSPS) is 14.8. The maximum Gasteiger partial charge on any atom is 0.193 e. The number of fused-ring (bicyclic) bond motifs is 4. The molecule has 2 nitrogen and oxygen atoms in total. The third-order valence-electron chi connectivity index (χ3n) is 9.16. The maximum atomic E-state index is 13.9. The van der Waals surface area contributed by atoms with E-state index in [-0.39, 0.29) is 11.2 Å². The van der Waals surface area contributed by atoms with Gasteiger partial charge in [0.25, 0.3) is 0 Å². The fraction of sp³-hybridized carbons (Fsp3) is 0.205. The zero-order valence-corrected chi connectivity index (χ0v) is 24.7. The molecule has 2 bridgehead atoms. The number of benzene rings is 5. The Morgan fingerprint density at radius 1 is 0.585 bits per heavy atom. The van der Waals surface area contributed by atoms with E-state index in [0.29, 0.717) is 0 Å². The molecule has 0 amide bonds. The Kier molecular flexibility index (Phi) is 5.47. The minimum absolute atomic E-state index is 0.0828. The van der Waals surface area contributed by atoms with Crippen molar-refractivity contribution in [2.24, 2.45) is 0 Å². The van der Waals surface area contributed by atoms with Crippen molar-refractivity contribution in [2.75, 3.05) is 4.90 Å². The standard InChI is InChI=1S/C39H35NO/c1-24-14-7-10-17-30(24)39(31-18-11-8-15-28(31)37(41)29-16-9-12-19-32(29)39)35-33-20-13-21-34(35)40(33)36-25(2)22-27(23-26(36)3)38(4,5)6/h7-23H,1-6H3. The number of carbonyl (C=O) groups is 1. The van der Waals surface area contributed by atoms with E-state index in [1.54, 1.807) is 0 Å². The predicted molar refractivity (Wildman–Crippen MR) is 169 cm³/mol. The Bertz CT molecular complexity index is 1790. The van der Waals surface area contributed by atoms with E-state index in [4.69, 9.17) is 0 Å². The summed E-state index contributed by atoms with van der Waals surface area (Å²) in [6, 6.07) is 36.5. The van der Waals surface area contributed by atoms with Crippen LogP contribution in [0.5, 0.6) is 0 Å². The van der Waals surface area contributed by atoms with Gasteiger partial charge in [-0.25, -0.2) is 0 Å². The van der Waals surface area contributed by atoms with Crippen molar-refractivity contribution in [1.29, 1.82) is 0 Å². The molecule has 0 N–H and O–H groups in total. The first-order valence-corrected chi connectivity index (χ1v) is 14.5. The summed E-state index contributed by atoms with van der Waals surface area (Å²) < 4.78 is 0. The second-order valence-electron chi connectivity index (χ2n) is 12.7. The number of ketones is 1. The number of carbonyl (C=O) groups excluding carboxylic acids is 1. The fourth-order valence-corrected chi connectivity index (χ4v) is 7.34. The van der Waals surface area contributed by atoms with Crippen LogP contribution >= 0.6 is 0 Å². The molecule has 5 aromatic rings. The van der Waals surface area contributed by atoms with E-state index < -0.39 is 5.41 Å². The Morgan fingerprint density at radius 3 is 1.59 bits per heavy atom. The highest BCUT2D eigenvalue weighted by atomic mass is 16.1. The maximum absolute atomic E-state index is 13.9. The van der Waals surface area contributed by atoms with Crippen molar-refractivity contribution >= 4 is 22.8 Å². The molecule has 202 valence electrons. The van der Waals surface area contributed by atoms with Gasteiger partial charge in [0.15, 0.2) is 5.78 Å². The van der Waals surface area contributed by atoms with Crippen LogP contribution in [0.3, 0.4) is 0 Å². The van der Waals surface area contributed by atoms with Gasteiger partial charge in [-0.15, -0.1) is 0 Å². The molecule has 0 fully saturated rings. The number of nitrogens with zero attached hydrogens (tertiary/aromatic N) is 1. The zero-order valence-electron chi connectivity index (χ0n) is 24.7. The zero-order chi connectivity index (χ0) is 28.7. The Balaban J connectivity index is 1.56. The second-order valence-corrected chi connectivity index (χ2v) is 12.7. The molecular weight excluding hydrogens is 498 g/mol. The van der Waals surface area contributed by atoms with Crippen LogP contribution < -0.4 is 4.90 Å². The molecule has 0 radical (unpaired) electrons. The quantitative estimate of drug-likeness (QED) is 0.225. The van der Waals surface area contributed by atoms with E-state index in [0.717, 1.165) is 22.3 Å². The average molecular weight is 534 g/mol. The van der Waals surface area contributed by atoms with Crippen LogP contribution in [-0.2, 0) is 10.8 Å². The summed E-state index contributed by atoms with van der Waals surface area (Å²) in [6.45, 7) is 13.5. The van der Waals surface area contributed by atoms with Crippen molar-refractivity contribution in [3.05, 3.63) is 159 Å². The monoisotopic (exact) mass is 533 g/mol. The summed E-state index contributed by atoms with van der Waals surface area (Å²) in [6.07, 6.45) is 0. The first-order valence-electron chi connectivity index (χ1n) is 14.5. The predicted octanol–water partition coefficient (Wildman–Crippen LogP) is 9.62. The Morgan fingerprint density at radius 2 is 1.07 bits per heavy atom. The van der Waals surface area contributed by atoms with E-state index in [1.165, 1.54) is 50.4 Å². The summed E-state index contributed by atoms with van der Waals surface area (Å²) in [5.74, 6) is 0.0985. The molecule has 0 saturated carbocycles. The highest BCUT2D eigenvalue weighted by Crippen LogP contribution is 2.63. The summed E-state index contributed by atoms with van der Waals surface area (Å²) in [5, 5.41) is 0. The molecule has 41 heavy (non-hydrogen) atoms. The fourth-order valence-electron chi connectivity index (χ4n) is 7.34. The Labute approximate surface area is 243 Å². The molecule has 1 aliphatic heterocycles. The number of hydrogen-bond acceptors (Lipinski definition) is 2. The lowest BCUT2D eigenvalue weighted by Crippen LogP contribution is -2.43. The molecule has 1 aliphatic carbocycles. The number of anilines is 3. The topological polar surface area (TPSA) is 20.3 Å². The highest BCUT2D eigenvalue weighted by molar-refractivity contribution is 6.15. The molecule has 1 heterocycles. The van der Waals surface area contributed by atoms with Crippen molar-refractivity contribution in [3.8, 4) is 0 Å². The third kappa shape index (κ3) is 3.40. The van der Waals surface area contributed by atoms with Crippen molar-refractivity contribution in [1.82, 2.24) is 0 Å². The van der Waals surface area contributed by atoms with Gasteiger partial charge >= 0.3 is 0 Å². The smallest absolute Gasteiger partial charge is 0.193 e. The van der Waals surface area contributed by atoms with E-state index >= 15 is 0 Å². The lowest BCUT2D eigenvalue weighted by molar-refractivity contribution is 0.103. The van der Waals surface area contributed by atoms with Gasteiger partial charge in [0.1, 0.15) is 0 Å². The van der Waals surface area contributed by atoms with Crippen LogP contribution in [0.15, 0.2) is 103 Å². The number of aryl methyl sites for hydroxylation is 3. The summed E-state index contributed by atoms with van der Waals surface area (Å²) in [7, 11) is 0. The summed E-state index contributed by atoms with van der Waals surface area (Å²) in [5.41, 5.74) is 14.4. The van der Waals surface area contributed by atoms with E-state index in [9.17, 15) is 4.79 Å². The summed E-state index contributed by atoms with van der Waals surface area (Å²) >= 11 is 0. The van der Waals surface area contributed by atoms with Gasteiger partial charge in [-0.05, 0) is 77.3 Å². The minimum Gasteiger partial charge on any atom is -0.309 e. The number of hydrogen-bond donors (Lipinski definition) is 0. The molecule has 7 rings (SSSR count). The van der Waals surface area contributed by atoms with Gasteiger partial charge in [-0.2, -0.15) is 0 Å². The summed E-state index contributed by atoms with van der Waals surface area (Å²) in [4.78, 5) is 16.4. The molecule has 0 unspecified atom stereocenters. The van der Waals surface area contributed by atoms with Crippen LogP contribution in [0, 0.1) is 20.8 Å². The van der Waals surface area contributed by atoms with Gasteiger partial charge in [0.05, 0.1) is 22.5 Å². The number of rotatable bonds is 3. The molecule has 2 aliphatic rings. The van der Waals surface area contributed by atoms with Gasteiger partial charge in [0, 0.05) is 16.7 Å². The van der Waals surface area contributed by atoms with Crippen LogP contribution in [0.1, 0.15) is 81.2 Å². The van der Waals surface area contributed by atoms with Crippen molar-refractivity contribution in [2.45, 2.75) is 52.4 Å².